The minimum Gasteiger partial charge on any atom is -0.462 e. The van der Waals surface area contributed by atoms with E-state index in [9.17, 15) is 14.0 Å². The Kier molecular flexibility index (Phi) is 7.10. The number of piperidine rings is 1. The monoisotopic (exact) mass is 457 g/mol. The molecule has 2 heterocycles. The van der Waals surface area contributed by atoms with Crippen molar-refractivity contribution < 1.29 is 18.7 Å². The van der Waals surface area contributed by atoms with Crippen LogP contribution in [0.1, 0.15) is 48.1 Å². The molecule has 1 aliphatic heterocycles. The van der Waals surface area contributed by atoms with Gasteiger partial charge in [0.2, 0.25) is 0 Å². The summed E-state index contributed by atoms with van der Waals surface area (Å²) >= 11 is 4.73. The van der Waals surface area contributed by atoms with Gasteiger partial charge in [0, 0.05) is 36.0 Å². The van der Waals surface area contributed by atoms with Crippen molar-refractivity contribution in [2.24, 2.45) is 5.92 Å². The Morgan fingerprint density at radius 1 is 1.31 bits per heavy atom. The molecule has 1 aromatic carbocycles. The highest BCUT2D eigenvalue weighted by atomic mass is 32.1. The van der Waals surface area contributed by atoms with E-state index in [1.54, 1.807) is 36.0 Å². The highest BCUT2D eigenvalue weighted by Crippen LogP contribution is 2.39. The van der Waals surface area contributed by atoms with Crippen molar-refractivity contribution in [2.45, 2.75) is 44.0 Å². The number of halogens is 1. The first kappa shape index (κ1) is 22.7. The number of hydrogen-bond donors (Lipinski definition) is 1. The van der Waals surface area contributed by atoms with Crippen molar-refractivity contribution in [3.63, 3.8) is 0 Å². The molecule has 2 aliphatic rings. The highest BCUT2D eigenvalue weighted by Gasteiger charge is 2.40. The molecular formula is C24H28FN3O3S. The zero-order chi connectivity index (χ0) is 22.7. The average molecular weight is 458 g/mol. The third-order valence-corrected chi connectivity index (χ3v) is 6.59. The molecule has 0 spiro atoms. The van der Waals surface area contributed by atoms with Crippen LogP contribution in [0.5, 0.6) is 0 Å². The summed E-state index contributed by atoms with van der Waals surface area (Å²) < 4.78 is 21.3. The van der Waals surface area contributed by atoms with Gasteiger partial charge in [-0.05, 0) is 37.8 Å². The van der Waals surface area contributed by atoms with E-state index >= 15 is 0 Å². The number of rotatable bonds is 8. The lowest BCUT2D eigenvalue weighted by Gasteiger charge is -2.37. The first-order chi connectivity index (χ1) is 15.5. The first-order valence-corrected chi connectivity index (χ1v) is 11.6. The van der Waals surface area contributed by atoms with Crippen molar-refractivity contribution in [3.05, 3.63) is 65.3 Å². The molecule has 2 fully saturated rings. The number of ketones is 1. The first-order valence-electron chi connectivity index (χ1n) is 11.1. The van der Waals surface area contributed by atoms with Gasteiger partial charge in [0.15, 0.2) is 5.78 Å². The van der Waals surface area contributed by atoms with Crippen LogP contribution in [0.3, 0.4) is 0 Å². The van der Waals surface area contributed by atoms with E-state index in [2.05, 4.69) is 10.00 Å². The van der Waals surface area contributed by atoms with Gasteiger partial charge < -0.3 is 4.74 Å². The van der Waals surface area contributed by atoms with E-state index in [1.807, 2.05) is 6.08 Å². The predicted octanol–water partition coefficient (Wildman–Crippen LogP) is 3.85. The molecule has 1 saturated carbocycles. The Morgan fingerprint density at radius 2 is 2.09 bits per heavy atom. The van der Waals surface area contributed by atoms with Gasteiger partial charge in [-0.3, -0.25) is 14.4 Å². The van der Waals surface area contributed by atoms with Gasteiger partial charge in [-0.2, -0.15) is 17.7 Å². The summed E-state index contributed by atoms with van der Waals surface area (Å²) in [5, 5.41) is 4.29. The molecule has 0 bridgehead atoms. The summed E-state index contributed by atoms with van der Waals surface area (Å²) in [7, 11) is 0. The summed E-state index contributed by atoms with van der Waals surface area (Å²) in [4.78, 5) is 27.1. The van der Waals surface area contributed by atoms with Crippen LogP contribution in [0.4, 0.5) is 4.39 Å². The van der Waals surface area contributed by atoms with Crippen molar-refractivity contribution in [1.29, 1.82) is 0 Å². The summed E-state index contributed by atoms with van der Waals surface area (Å²) in [6.07, 6.45) is 7.72. The average Bonchev–Trinajstić information content (AvgIpc) is 3.53. The van der Waals surface area contributed by atoms with E-state index in [0.717, 1.165) is 24.8 Å². The number of esters is 1. The molecule has 6 nitrogen and oxygen atoms in total. The molecule has 1 saturated heterocycles. The van der Waals surface area contributed by atoms with Gasteiger partial charge in [-0.15, -0.1) is 0 Å². The Hall–Kier alpha value is -2.45. The summed E-state index contributed by atoms with van der Waals surface area (Å²) in [5.74, 6) is -0.592. The zero-order valence-electron chi connectivity index (χ0n) is 18.1. The largest absolute Gasteiger partial charge is 0.462 e. The maximum Gasteiger partial charge on any atom is 0.341 e. The van der Waals surface area contributed by atoms with Crippen molar-refractivity contribution >= 4 is 24.4 Å². The highest BCUT2D eigenvalue weighted by molar-refractivity contribution is 7.81. The van der Waals surface area contributed by atoms with E-state index < -0.39 is 12.0 Å². The number of likely N-dealkylation sites (tertiary alicyclic amines) is 1. The fourth-order valence-corrected chi connectivity index (χ4v) is 4.43. The quantitative estimate of drug-likeness (QED) is 0.371. The zero-order valence-corrected chi connectivity index (χ0v) is 19.0. The van der Waals surface area contributed by atoms with Gasteiger partial charge >= 0.3 is 5.97 Å². The Morgan fingerprint density at radius 3 is 2.81 bits per heavy atom. The minimum absolute atomic E-state index is 0.0335. The SMILES string of the molecule is CCOC(=O)c1cnn(C/C=C2/CN(C(C(=O)C3CC3)c3ccccc3F)CCC2S)c1. The van der Waals surface area contributed by atoms with E-state index in [0.29, 0.717) is 37.4 Å². The molecule has 0 radical (unpaired) electrons. The van der Waals surface area contributed by atoms with Crippen LogP contribution < -0.4 is 0 Å². The molecule has 1 aromatic heterocycles. The molecule has 2 aromatic rings. The number of thiol groups is 1. The van der Waals surface area contributed by atoms with Gasteiger partial charge in [-0.25, -0.2) is 9.18 Å². The number of aromatic nitrogens is 2. The number of carbonyl (C=O) groups is 2. The van der Waals surface area contributed by atoms with Crippen LogP contribution in [-0.2, 0) is 16.1 Å². The normalized spacial score (nSPS) is 21.5. The molecule has 1 aliphatic carbocycles. The Bertz CT molecular complexity index is 1020. The maximum atomic E-state index is 14.6. The number of benzene rings is 1. The van der Waals surface area contributed by atoms with Gasteiger partial charge in [0.05, 0.1) is 31.0 Å². The summed E-state index contributed by atoms with van der Waals surface area (Å²) in [6, 6.07) is 6.00. The number of hydrogen-bond acceptors (Lipinski definition) is 6. The lowest BCUT2D eigenvalue weighted by Crippen LogP contribution is -2.42. The van der Waals surface area contributed by atoms with Gasteiger partial charge in [-0.1, -0.05) is 24.3 Å². The second-order valence-electron chi connectivity index (χ2n) is 8.33. The van der Waals surface area contributed by atoms with E-state index in [4.69, 9.17) is 17.4 Å². The second kappa shape index (κ2) is 10.0. The summed E-state index contributed by atoms with van der Waals surface area (Å²) in [5.41, 5.74) is 1.93. The fourth-order valence-electron chi connectivity index (χ4n) is 4.13. The van der Waals surface area contributed by atoms with Crippen molar-refractivity contribution in [1.82, 2.24) is 14.7 Å². The van der Waals surface area contributed by atoms with Crippen molar-refractivity contribution in [3.8, 4) is 0 Å². The Balaban J connectivity index is 1.52. The lowest BCUT2D eigenvalue weighted by molar-refractivity contribution is -0.126. The standard InChI is InChI=1S/C24H28FN3O3S/c1-2-31-24(30)18-13-26-28(15-18)12-9-17-14-27(11-10-21(17)32)22(23(29)16-7-8-16)19-5-3-4-6-20(19)25/h3-6,9,13,15-16,21-22,32H,2,7-8,10-12,14H2,1H3/b17-9-. The van der Waals surface area contributed by atoms with Crippen LogP contribution in [0.25, 0.3) is 0 Å². The smallest absolute Gasteiger partial charge is 0.341 e. The van der Waals surface area contributed by atoms with Crippen LogP contribution in [0.15, 0.2) is 48.3 Å². The number of carbonyl (C=O) groups excluding carboxylic acids is 2. The van der Waals surface area contributed by atoms with Crippen LogP contribution in [0, 0.1) is 11.7 Å². The van der Waals surface area contributed by atoms with E-state index in [1.165, 1.54) is 12.3 Å². The van der Waals surface area contributed by atoms with Gasteiger partial charge in [0.1, 0.15) is 5.82 Å². The third-order valence-electron chi connectivity index (χ3n) is 6.00. The lowest BCUT2D eigenvalue weighted by atomic mass is 9.93. The third kappa shape index (κ3) is 5.13. The van der Waals surface area contributed by atoms with Crippen molar-refractivity contribution in [2.75, 3.05) is 19.7 Å². The molecule has 4 rings (SSSR count). The maximum absolute atomic E-state index is 14.6. The molecule has 2 atom stereocenters. The molecule has 0 amide bonds. The fraction of sp³-hybridized carbons (Fsp3) is 0.458. The molecule has 2 unspecified atom stereocenters. The molecule has 0 N–H and O–H groups in total. The summed E-state index contributed by atoms with van der Waals surface area (Å²) in [6.45, 7) is 3.76. The molecular weight excluding hydrogens is 429 g/mol. The second-order valence-corrected chi connectivity index (χ2v) is 8.95. The molecule has 8 heteroatoms. The van der Waals surface area contributed by atoms with Crippen LogP contribution in [-0.4, -0.2) is 51.4 Å². The Labute approximate surface area is 192 Å². The number of nitrogens with zero attached hydrogens (tertiary/aromatic N) is 3. The number of ether oxygens (including phenoxy) is 1. The minimum atomic E-state index is -0.576. The molecule has 32 heavy (non-hydrogen) atoms. The topological polar surface area (TPSA) is 64.4 Å². The number of Topliss-reactive ketones (excluding diaryl/α,β-unsaturated/α-hetero) is 1. The predicted molar refractivity (Wildman–Crippen MR) is 122 cm³/mol. The van der Waals surface area contributed by atoms with Crippen LogP contribution >= 0.6 is 12.6 Å². The van der Waals surface area contributed by atoms with Gasteiger partial charge in [0.25, 0.3) is 0 Å². The van der Waals surface area contributed by atoms with E-state index in [-0.39, 0.29) is 22.8 Å². The number of allylic oxidation sites excluding steroid dienone is 1. The van der Waals surface area contributed by atoms with Crippen LogP contribution in [0.2, 0.25) is 0 Å². The molecule has 170 valence electrons.